The van der Waals surface area contributed by atoms with Gasteiger partial charge >= 0.3 is 0 Å². The van der Waals surface area contributed by atoms with Gasteiger partial charge in [-0.1, -0.05) is 19.3 Å². The summed E-state index contributed by atoms with van der Waals surface area (Å²) in [5, 5.41) is 19.0. The molecule has 0 bridgehead atoms. The highest BCUT2D eigenvalue weighted by Gasteiger charge is 2.43. The van der Waals surface area contributed by atoms with Crippen LogP contribution in [0.2, 0.25) is 0 Å². The van der Waals surface area contributed by atoms with Crippen molar-refractivity contribution in [1.82, 2.24) is 19.5 Å². The molecule has 8 nitrogen and oxygen atoms in total. The van der Waals surface area contributed by atoms with Crippen LogP contribution < -0.4 is 5.73 Å². The lowest BCUT2D eigenvalue weighted by atomic mass is 9.89. The van der Waals surface area contributed by atoms with Crippen molar-refractivity contribution < 1.29 is 14.9 Å². The molecule has 0 unspecified atom stereocenters. The molecule has 4 atom stereocenters. The lowest BCUT2D eigenvalue weighted by Crippen LogP contribution is -2.30. The van der Waals surface area contributed by atoms with E-state index in [1.165, 1.54) is 19.3 Å². The van der Waals surface area contributed by atoms with Crippen LogP contribution in [-0.4, -0.2) is 53.8 Å². The Labute approximate surface area is 150 Å². The fourth-order valence-electron chi connectivity index (χ4n) is 3.80. The number of nitrogens with zero attached hydrogens (tertiary/aromatic N) is 4. The van der Waals surface area contributed by atoms with Crippen molar-refractivity contribution in [3.05, 3.63) is 12.2 Å². The highest BCUT2D eigenvalue weighted by atomic mass is 32.1. The molecule has 4 rings (SSSR count). The van der Waals surface area contributed by atoms with E-state index in [4.69, 9.17) is 15.5 Å². The Morgan fingerprint density at radius 2 is 2.04 bits per heavy atom. The minimum absolute atomic E-state index is 0.272. The lowest BCUT2D eigenvalue weighted by molar-refractivity contribution is -0.0430. The minimum Gasteiger partial charge on any atom is -0.394 e. The average molecular weight is 365 g/mol. The Hall–Kier alpha value is -1.42. The van der Waals surface area contributed by atoms with E-state index in [2.05, 4.69) is 22.6 Å². The third-order valence-corrected chi connectivity index (χ3v) is 5.79. The number of aromatic nitrogens is 4. The third kappa shape index (κ3) is 2.88. The van der Waals surface area contributed by atoms with Gasteiger partial charge in [-0.3, -0.25) is 4.57 Å². The number of hydrogen-bond donors (Lipinski definition) is 4. The molecule has 2 aliphatic rings. The zero-order valence-corrected chi connectivity index (χ0v) is 14.7. The highest BCUT2D eigenvalue weighted by molar-refractivity contribution is 7.81. The van der Waals surface area contributed by atoms with Crippen LogP contribution in [-0.2, 0) is 4.74 Å². The largest absolute Gasteiger partial charge is 0.394 e. The first-order valence-electron chi connectivity index (χ1n) is 8.72. The Morgan fingerprint density at radius 3 is 2.72 bits per heavy atom. The number of rotatable bonds is 3. The Morgan fingerprint density at radius 1 is 1.28 bits per heavy atom. The zero-order valence-electron chi connectivity index (χ0n) is 13.8. The summed E-state index contributed by atoms with van der Waals surface area (Å²) >= 11 is 4.45. The summed E-state index contributed by atoms with van der Waals surface area (Å²) in [6.07, 6.45) is 5.22. The van der Waals surface area contributed by atoms with Crippen LogP contribution in [0.15, 0.2) is 6.33 Å². The molecule has 2 aromatic rings. The molecule has 136 valence electrons. The normalized spacial score (nSPS) is 31.0. The zero-order chi connectivity index (χ0) is 17.6. The number of aliphatic hydroxyl groups excluding tert-OH is 2. The van der Waals surface area contributed by atoms with Gasteiger partial charge in [0, 0.05) is 5.92 Å². The molecule has 0 amide bonds. The van der Waals surface area contributed by atoms with E-state index in [0.717, 1.165) is 18.7 Å². The van der Waals surface area contributed by atoms with Crippen molar-refractivity contribution in [3.8, 4) is 0 Å². The number of anilines is 1. The maximum Gasteiger partial charge on any atom is 0.167 e. The van der Waals surface area contributed by atoms with Crippen molar-refractivity contribution in [2.45, 2.75) is 61.7 Å². The number of nitrogen functional groups attached to an aromatic ring is 1. The third-order valence-electron chi connectivity index (χ3n) is 5.23. The smallest absolute Gasteiger partial charge is 0.167 e. The van der Waals surface area contributed by atoms with Crippen molar-refractivity contribution >= 4 is 29.6 Å². The van der Waals surface area contributed by atoms with Crippen LogP contribution in [0.5, 0.6) is 0 Å². The van der Waals surface area contributed by atoms with E-state index in [0.29, 0.717) is 22.9 Å². The SMILES string of the molecule is Nc1nc(C2CCCCC2)nc2c1ncn2[C@@H]1O[C@H](CO)[C@@H](O)[C@H]1S. The molecule has 1 saturated heterocycles. The minimum atomic E-state index is -0.868. The Balaban J connectivity index is 1.74. The molecule has 9 heteroatoms. The molecule has 1 aliphatic heterocycles. The van der Waals surface area contributed by atoms with Gasteiger partial charge in [-0.25, -0.2) is 15.0 Å². The summed E-state index contributed by atoms with van der Waals surface area (Å²) in [6, 6.07) is 0. The van der Waals surface area contributed by atoms with Gasteiger partial charge in [-0.15, -0.1) is 0 Å². The quantitative estimate of drug-likeness (QED) is 0.599. The summed E-state index contributed by atoms with van der Waals surface area (Å²) in [7, 11) is 0. The molecule has 25 heavy (non-hydrogen) atoms. The van der Waals surface area contributed by atoms with Gasteiger partial charge in [0.1, 0.15) is 17.4 Å². The Kier molecular flexibility index (Phi) is 4.57. The predicted molar refractivity (Wildman–Crippen MR) is 95.3 cm³/mol. The number of aliphatic hydroxyl groups is 2. The summed E-state index contributed by atoms with van der Waals surface area (Å²) in [6.45, 7) is -0.272. The number of imidazole rings is 1. The van der Waals surface area contributed by atoms with Gasteiger partial charge in [-0.05, 0) is 12.8 Å². The molecule has 3 heterocycles. The van der Waals surface area contributed by atoms with Crippen LogP contribution in [0, 0.1) is 0 Å². The van der Waals surface area contributed by atoms with E-state index in [1.807, 2.05) is 0 Å². The molecule has 0 spiro atoms. The summed E-state index contributed by atoms with van der Waals surface area (Å²) in [4.78, 5) is 13.5. The van der Waals surface area contributed by atoms with Gasteiger partial charge in [0.25, 0.3) is 0 Å². The van der Waals surface area contributed by atoms with Gasteiger partial charge in [0.2, 0.25) is 0 Å². The predicted octanol–water partition coefficient (Wildman–Crippen LogP) is 1.01. The summed E-state index contributed by atoms with van der Waals surface area (Å²) < 4.78 is 7.49. The van der Waals surface area contributed by atoms with Gasteiger partial charge in [-0.2, -0.15) is 12.6 Å². The molecule has 0 aromatic carbocycles. The monoisotopic (exact) mass is 365 g/mol. The fourth-order valence-corrected chi connectivity index (χ4v) is 4.20. The second kappa shape index (κ2) is 6.71. The first-order chi connectivity index (χ1) is 12.1. The maximum atomic E-state index is 10.2. The van der Waals surface area contributed by atoms with Crippen molar-refractivity contribution in [2.75, 3.05) is 12.3 Å². The Bertz CT molecular complexity index is 764. The molecule has 1 aliphatic carbocycles. The molecule has 2 aromatic heterocycles. The van der Waals surface area contributed by atoms with Crippen LogP contribution in [0.1, 0.15) is 50.1 Å². The fraction of sp³-hybridized carbons (Fsp3) is 0.688. The van der Waals surface area contributed by atoms with Gasteiger partial charge in [0.05, 0.1) is 24.3 Å². The van der Waals surface area contributed by atoms with Gasteiger partial charge in [0.15, 0.2) is 17.7 Å². The summed E-state index contributed by atoms with van der Waals surface area (Å²) in [5.41, 5.74) is 7.22. The van der Waals surface area contributed by atoms with Gasteiger partial charge < -0.3 is 20.7 Å². The molecule has 0 radical (unpaired) electrons. The van der Waals surface area contributed by atoms with E-state index in [-0.39, 0.29) is 6.61 Å². The molecule has 4 N–H and O–H groups in total. The summed E-state index contributed by atoms with van der Waals surface area (Å²) in [5.74, 6) is 1.42. The molecular formula is C16H23N5O3S. The average Bonchev–Trinajstić information content (AvgIpc) is 3.18. The lowest BCUT2D eigenvalue weighted by Gasteiger charge is -2.21. The van der Waals surface area contributed by atoms with Crippen molar-refractivity contribution in [1.29, 1.82) is 0 Å². The molecule has 2 fully saturated rings. The second-order valence-corrected chi connectivity index (χ2v) is 7.45. The topological polar surface area (TPSA) is 119 Å². The van der Waals surface area contributed by atoms with Crippen LogP contribution in [0.25, 0.3) is 11.2 Å². The molecule has 1 saturated carbocycles. The maximum absolute atomic E-state index is 10.2. The van der Waals surface area contributed by atoms with E-state index in [9.17, 15) is 10.2 Å². The van der Waals surface area contributed by atoms with E-state index >= 15 is 0 Å². The van der Waals surface area contributed by atoms with Crippen LogP contribution in [0.3, 0.4) is 0 Å². The number of ether oxygens (including phenoxy) is 1. The number of thiol groups is 1. The van der Waals surface area contributed by atoms with Crippen LogP contribution >= 0.6 is 12.6 Å². The van der Waals surface area contributed by atoms with Crippen molar-refractivity contribution in [3.63, 3.8) is 0 Å². The number of hydrogen-bond acceptors (Lipinski definition) is 8. The van der Waals surface area contributed by atoms with E-state index in [1.54, 1.807) is 10.9 Å². The molecular weight excluding hydrogens is 342 g/mol. The standard InChI is InChI=1S/C16H23N5O3S/c17-13-10-15(20-14(19-13)8-4-2-1-3-5-8)21(7-18-10)16-12(25)11(23)9(6-22)24-16/h7-9,11-12,16,22-23,25H,1-6H2,(H2,17,19,20)/t9-,11-,12-,16-/m1/s1. The first kappa shape index (κ1) is 17.0. The van der Waals surface area contributed by atoms with Crippen LogP contribution in [0.4, 0.5) is 5.82 Å². The second-order valence-electron chi connectivity index (χ2n) is 6.85. The first-order valence-corrected chi connectivity index (χ1v) is 9.24. The van der Waals surface area contributed by atoms with E-state index < -0.39 is 23.7 Å². The van der Waals surface area contributed by atoms with Crippen molar-refractivity contribution in [2.24, 2.45) is 0 Å². The number of fused-ring (bicyclic) bond motifs is 1. The number of nitrogens with two attached hydrogens (primary N) is 1. The highest BCUT2D eigenvalue weighted by Crippen LogP contribution is 2.36.